The van der Waals surface area contributed by atoms with Crippen LogP contribution in [-0.4, -0.2) is 31.1 Å². The van der Waals surface area contributed by atoms with Crippen molar-refractivity contribution in [1.82, 2.24) is 4.90 Å². The minimum Gasteiger partial charge on any atom is -0.490 e. The second-order valence-electron chi connectivity index (χ2n) is 4.94. The highest BCUT2D eigenvalue weighted by Crippen LogP contribution is 2.21. The molecule has 0 aromatic heterocycles. The molecule has 16 heavy (non-hydrogen) atoms. The highest BCUT2D eigenvalue weighted by Gasteiger charge is 2.17. The number of rotatable bonds is 2. The SMILES string of the molecule is Cc1cc(C)cc(OC2CCN(C)CC2)c1. The molecule has 0 radical (unpaired) electrons. The van der Waals surface area contributed by atoms with Crippen LogP contribution in [0.4, 0.5) is 0 Å². The van der Waals surface area contributed by atoms with E-state index in [1.54, 1.807) is 0 Å². The van der Waals surface area contributed by atoms with Crippen molar-refractivity contribution in [3.63, 3.8) is 0 Å². The molecule has 0 aliphatic carbocycles. The van der Waals surface area contributed by atoms with Crippen LogP contribution in [0.25, 0.3) is 0 Å². The lowest BCUT2D eigenvalue weighted by molar-refractivity contribution is 0.114. The van der Waals surface area contributed by atoms with E-state index in [4.69, 9.17) is 4.74 Å². The summed E-state index contributed by atoms with van der Waals surface area (Å²) in [6, 6.07) is 6.44. The maximum atomic E-state index is 6.04. The number of aryl methyl sites for hydroxylation is 2. The largest absolute Gasteiger partial charge is 0.490 e. The molecule has 1 aromatic carbocycles. The van der Waals surface area contributed by atoms with Crippen LogP contribution in [-0.2, 0) is 0 Å². The van der Waals surface area contributed by atoms with Crippen LogP contribution in [0.5, 0.6) is 5.75 Å². The lowest BCUT2D eigenvalue weighted by Crippen LogP contribution is -2.35. The van der Waals surface area contributed by atoms with Gasteiger partial charge in [-0.1, -0.05) is 6.07 Å². The smallest absolute Gasteiger partial charge is 0.120 e. The third kappa shape index (κ3) is 2.99. The molecule has 1 fully saturated rings. The minimum atomic E-state index is 0.400. The molecule has 2 nitrogen and oxygen atoms in total. The molecule has 1 aromatic rings. The fourth-order valence-electron chi connectivity index (χ4n) is 2.30. The third-order valence-electron chi connectivity index (χ3n) is 3.16. The molecule has 0 bridgehead atoms. The zero-order valence-corrected chi connectivity index (χ0v) is 10.5. The summed E-state index contributed by atoms with van der Waals surface area (Å²) in [4.78, 5) is 2.36. The van der Waals surface area contributed by atoms with Crippen molar-refractivity contribution in [3.8, 4) is 5.75 Å². The van der Waals surface area contributed by atoms with E-state index < -0.39 is 0 Å². The van der Waals surface area contributed by atoms with Crippen molar-refractivity contribution in [2.24, 2.45) is 0 Å². The van der Waals surface area contributed by atoms with Gasteiger partial charge < -0.3 is 9.64 Å². The first-order chi connectivity index (χ1) is 7.63. The van der Waals surface area contributed by atoms with Crippen LogP contribution in [0.15, 0.2) is 18.2 Å². The van der Waals surface area contributed by atoms with Gasteiger partial charge in [-0.3, -0.25) is 0 Å². The predicted molar refractivity (Wildman–Crippen MR) is 67.1 cm³/mol. The second-order valence-corrected chi connectivity index (χ2v) is 4.94. The Kier molecular flexibility index (Phi) is 3.49. The van der Waals surface area contributed by atoms with Gasteiger partial charge >= 0.3 is 0 Å². The molecule has 88 valence electrons. The molecule has 0 amide bonds. The molecule has 0 spiro atoms. The fraction of sp³-hybridized carbons (Fsp3) is 0.571. The molecule has 1 heterocycles. The summed E-state index contributed by atoms with van der Waals surface area (Å²) < 4.78 is 6.04. The molecular formula is C14H21NO. The Labute approximate surface area is 98.2 Å². The van der Waals surface area contributed by atoms with Crippen molar-refractivity contribution in [3.05, 3.63) is 29.3 Å². The van der Waals surface area contributed by atoms with Crippen LogP contribution in [0.2, 0.25) is 0 Å². The normalized spacial score (nSPS) is 18.7. The Balaban J connectivity index is 1.98. The van der Waals surface area contributed by atoms with Gasteiger partial charge in [0.15, 0.2) is 0 Å². The Bertz CT molecular complexity index is 334. The Morgan fingerprint density at radius 3 is 2.19 bits per heavy atom. The maximum absolute atomic E-state index is 6.04. The van der Waals surface area contributed by atoms with Crippen molar-refractivity contribution in [1.29, 1.82) is 0 Å². The number of hydrogen-bond acceptors (Lipinski definition) is 2. The van der Waals surface area contributed by atoms with E-state index >= 15 is 0 Å². The first-order valence-corrected chi connectivity index (χ1v) is 6.07. The first kappa shape index (κ1) is 11.5. The molecule has 2 rings (SSSR count). The van der Waals surface area contributed by atoms with Gasteiger partial charge in [-0.05, 0) is 57.0 Å². The number of nitrogens with zero attached hydrogens (tertiary/aromatic N) is 1. The highest BCUT2D eigenvalue weighted by atomic mass is 16.5. The monoisotopic (exact) mass is 219 g/mol. The summed E-state index contributed by atoms with van der Waals surface area (Å²) in [7, 11) is 2.17. The molecule has 0 unspecified atom stereocenters. The summed E-state index contributed by atoms with van der Waals surface area (Å²) >= 11 is 0. The van der Waals surface area contributed by atoms with E-state index in [0.29, 0.717) is 6.10 Å². The average Bonchev–Trinajstić information content (AvgIpc) is 2.20. The molecule has 0 N–H and O–H groups in total. The Morgan fingerprint density at radius 1 is 1.06 bits per heavy atom. The van der Waals surface area contributed by atoms with Crippen LogP contribution < -0.4 is 4.74 Å². The minimum absolute atomic E-state index is 0.400. The average molecular weight is 219 g/mol. The predicted octanol–water partition coefficient (Wildman–Crippen LogP) is 2.78. The van der Waals surface area contributed by atoms with Gasteiger partial charge in [0.2, 0.25) is 0 Å². The maximum Gasteiger partial charge on any atom is 0.120 e. The first-order valence-electron chi connectivity index (χ1n) is 6.07. The van der Waals surface area contributed by atoms with Crippen LogP contribution >= 0.6 is 0 Å². The number of likely N-dealkylation sites (tertiary alicyclic amines) is 1. The molecular weight excluding hydrogens is 198 g/mol. The van der Waals surface area contributed by atoms with Gasteiger partial charge in [0.25, 0.3) is 0 Å². The number of ether oxygens (including phenoxy) is 1. The van der Waals surface area contributed by atoms with Gasteiger partial charge in [0, 0.05) is 13.1 Å². The quantitative estimate of drug-likeness (QED) is 0.758. The van der Waals surface area contributed by atoms with Gasteiger partial charge in [-0.25, -0.2) is 0 Å². The molecule has 2 heteroatoms. The van der Waals surface area contributed by atoms with Crippen LogP contribution in [0, 0.1) is 13.8 Å². The molecule has 0 saturated carbocycles. The van der Waals surface area contributed by atoms with Crippen molar-refractivity contribution >= 4 is 0 Å². The fourth-order valence-corrected chi connectivity index (χ4v) is 2.30. The topological polar surface area (TPSA) is 12.5 Å². The number of hydrogen-bond donors (Lipinski definition) is 0. The van der Waals surface area contributed by atoms with E-state index in [1.807, 2.05) is 0 Å². The van der Waals surface area contributed by atoms with Crippen molar-refractivity contribution in [2.75, 3.05) is 20.1 Å². The molecule has 0 atom stereocenters. The number of benzene rings is 1. The van der Waals surface area contributed by atoms with E-state index in [9.17, 15) is 0 Å². The van der Waals surface area contributed by atoms with Crippen LogP contribution in [0.3, 0.4) is 0 Å². The highest BCUT2D eigenvalue weighted by molar-refractivity contribution is 5.33. The van der Waals surface area contributed by atoms with E-state index in [-0.39, 0.29) is 0 Å². The van der Waals surface area contributed by atoms with Gasteiger partial charge in [-0.15, -0.1) is 0 Å². The second kappa shape index (κ2) is 4.88. The molecule has 1 aliphatic rings. The summed E-state index contributed by atoms with van der Waals surface area (Å²) in [6.07, 6.45) is 2.69. The summed E-state index contributed by atoms with van der Waals surface area (Å²) in [5.41, 5.74) is 2.56. The Morgan fingerprint density at radius 2 is 1.62 bits per heavy atom. The summed E-state index contributed by atoms with van der Waals surface area (Å²) in [5.74, 6) is 1.03. The van der Waals surface area contributed by atoms with E-state index in [1.165, 1.54) is 11.1 Å². The summed E-state index contributed by atoms with van der Waals surface area (Å²) in [5, 5.41) is 0. The molecule has 1 aliphatic heterocycles. The van der Waals surface area contributed by atoms with Crippen molar-refractivity contribution < 1.29 is 4.74 Å². The van der Waals surface area contributed by atoms with Crippen molar-refractivity contribution in [2.45, 2.75) is 32.8 Å². The van der Waals surface area contributed by atoms with Crippen LogP contribution in [0.1, 0.15) is 24.0 Å². The summed E-state index contributed by atoms with van der Waals surface area (Å²) in [6.45, 7) is 6.54. The molecule has 1 saturated heterocycles. The third-order valence-corrected chi connectivity index (χ3v) is 3.16. The van der Waals surface area contributed by atoms with Gasteiger partial charge in [0.05, 0.1) is 0 Å². The van der Waals surface area contributed by atoms with Gasteiger partial charge in [-0.2, -0.15) is 0 Å². The zero-order valence-electron chi connectivity index (χ0n) is 10.5. The van der Waals surface area contributed by atoms with E-state index in [2.05, 4.69) is 44.0 Å². The Hall–Kier alpha value is -1.02. The standard InChI is InChI=1S/C14H21NO/c1-11-8-12(2)10-14(9-11)16-13-4-6-15(3)7-5-13/h8-10,13H,4-7H2,1-3H3. The number of piperidine rings is 1. The lowest BCUT2D eigenvalue weighted by Gasteiger charge is -2.29. The lowest BCUT2D eigenvalue weighted by atomic mass is 10.1. The zero-order chi connectivity index (χ0) is 11.5. The van der Waals surface area contributed by atoms with Gasteiger partial charge in [0.1, 0.15) is 11.9 Å². The van der Waals surface area contributed by atoms with E-state index in [0.717, 1.165) is 31.7 Å².